The van der Waals surface area contributed by atoms with E-state index in [1.54, 1.807) is 14.1 Å². The third kappa shape index (κ3) is 11500000. The topological polar surface area (TPSA) is 124 Å². The second-order valence-corrected chi connectivity index (χ2v) is 0.400. The smallest absolute Gasteiger partial charge is 0 e. The molecule has 0 saturated heterocycles. The summed E-state index contributed by atoms with van der Waals surface area (Å²) >= 11 is 0. The van der Waals surface area contributed by atoms with Crippen molar-refractivity contribution < 1.29 is 44.3 Å². The van der Waals surface area contributed by atoms with Crippen LogP contribution in [0.2, 0.25) is 0 Å². The van der Waals surface area contributed by atoms with Crippen LogP contribution in [0, 0.1) is 33.3 Å². The molecule has 7 nitrogen and oxygen atoms in total. The van der Waals surface area contributed by atoms with E-state index in [9.17, 15) is 0 Å². The summed E-state index contributed by atoms with van der Waals surface area (Å²) in [6, 6.07) is 0. The van der Waals surface area contributed by atoms with Crippen molar-refractivity contribution >= 4 is 0 Å². The molecular formula is C7H6N2O5W. The van der Waals surface area contributed by atoms with Crippen LogP contribution in [0.5, 0.6) is 0 Å². The molecule has 0 aliphatic carbocycles. The van der Waals surface area contributed by atoms with Gasteiger partial charge in [0.25, 0.3) is 0 Å². The fraction of sp³-hybridized carbons (Fsp3) is 0.286. The number of rotatable bonds is 0. The molecule has 0 spiro atoms. The minimum absolute atomic E-state index is 0. The summed E-state index contributed by atoms with van der Waals surface area (Å²) in [7, 11) is 3.28. The maximum atomic E-state index is 7.50. The largest absolute Gasteiger partial charge is 0 e. The SMILES string of the molecule is CN=NC.[C-]#[O+].[C-]#[O+].[C-]#[O+].[C-]#[O+].[C-]#[O+].[W]. The Morgan fingerprint density at radius 1 is 0.533 bits per heavy atom. The summed E-state index contributed by atoms with van der Waals surface area (Å²) in [5.74, 6) is 0. The average Bonchev–Trinajstić information content (AvgIpc) is 2.41. The molecule has 0 saturated carbocycles. The van der Waals surface area contributed by atoms with Crippen molar-refractivity contribution in [3.05, 3.63) is 33.3 Å². The zero-order valence-electron chi connectivity index (χ0n) is 7.84. The molecule has 0 atom stereocenters. The molecule has 0 heterocycles. The van der Waals surface area contributed by atoms with Gasteiger partial charge in [-0.1, -0.05) is 0 Å². The molecule has 0 aromatic carbocycles. The van der Waals surface area contributed by atoms with E-state index in [0.29, 0.717) is 0 Å². The molecule has 0 bridgehead atoms. The van der Waals surface area contributed by atoms with Crippen molar-refractivity contribution in [2.45, 2.75) is 0 Å². The van der Waals surface area contributed by atoms with Crippen LogP contribution >= 0.6 is 0 Å². The predicted octanol–water partition coefficient (Wildman–Crippen LogP) is 0.508. The van der Waals surface area contributed by atoms with Crippen LogP contribution in [-0.4, -0.2) is 14.1 Å². The van der Waals surface area contributed by atoms with Gasteiger partial charge < -0.3 is 0 Å². The first-order valence-electron chi connectivity index (χ1n) is 2.12. The molecule has 0 unspecified atom stereocenters. The molecule has 0 N–H and O–H groups in total. The third-order valence-electron chi connectivity index (χ3n) is 0.200. The van der Waals surface area contributed by atoms with Gasteiger partial charge >= 0.3 is 56.5 Å². The molecule has 8 heteroatoms. The van der Waals surface area contributed by atoms with Crippen molar-refractivity contribution in [2.24, 2.45) is 10.2 Å². The first-order chi connectivity index (χ1) is 6.91. The Morgan fingerprint density at radius 3 is 0.600 bits per heavy atom. The number of nitrogens with zero attached hydrogens (tertiary/aromatic N) is 2. The number of hydrogen-bond donors (Lipinski definition) is 0. The van der Waals surface area contributed by atoms with Crippen LogP contribution in [0.1, 0.15) is 0 Å². The normalized spacial score (nSPS) is 3.20. The van der Waals surface area contributed by atoms with Gasteiger partial charge in [0.05, 0.1) is 0 Å². The summed E-state index contributed by atoms with van der Waals surface area (Å²) < 4.78 is 37.5. The van der Waals surface area contributed by atoms with Gasteiger partial charge in [-0.2, -0.15) is 10.2 Å². The summed E-state index contributed by atoms with van der Waals surface area (Å²) in [5.41, 5.74) is 0. The van der Waals surface area contributed by atoms with Gasteiger partial charge in [0.2, 0.25) is 0 Å². The minimum atomic E-state index is 0. The van der Waals surface area contributed by atoms with Crippen LogP contribution in [0.15, 0.2) is 10.2 Å². The molecular weight excluding hydrogens is 376 g/mol. The van der Waals surface area contributed by atoms with Crippen LogP contribution in [-0.2, 0) is 44.3 Å². The Morgan fingerprint density at radius 2 is 0.600 bits per heavy atom. The number of hydrogen-bond acceptors (Lipinski definition) is 2. The van der Waals surface area contributed by atoms with Crippen LogP contribution in [0.4, 0.5) is 0 Å². The van der Waals surface area contributed by atoms with Crippen molar-refractivity contribution in [3.63, 3.8) is 0 Å². The third-order valence-corrected chi connectivity index (χ3v) is 0.200. The van der Waals surface area contributed by atoms with E-state index >= 15 is 0 Å². The van der Waals surface area contributed by atoms with E-state index in [0.717, 1.165) is 0 Å². The van der Waals surface area contributed by atoms with Gasteiger partial charge in [-0.15, -0.1) is 0 Å². The Hall–Kier alpha value is -1.01. The van der Waals surface area contributed by atoms with E-state index in [1.165, 1.54) is 0 Å². The van der Waals surface area contributed by atoms with E-state index < -0.39 is 0 Å². The van der Waals surface area contributed by atoms with Crippen LogP contribution in [0.3, 0.4) is 0 Å². The van der Waals surface area contributed by atoms with Crippen molar-refractivity contribution in [2.75, 3.05) is 14.1 Å². The Bertz CT molecular complexity index is 132. The molecule has 0 amide bonds. The minimum Gasteiger partial charge on any atom is 0 e. The molecule has 0 radical (unpaired) electrons. The van der Waals surface area contributed by atoms with E-state index in [-0.39, 0.29) is 21.1 Å². The van der Waals surface area contributed by atoms with Gasteiger partial charge in [0.1, 0.15) is 0 Å². The molecule has 0 aromatic rings. The van der Waals surface area contributed by atoms with E-state index in [1.807, 2.05) is 0 Å². The van der Waals surface area contributed by atoms with Crippen molar-refractivity contribution in [3.8, 4) is 0 Å². The van der Waals surface area contributed by atoms with Crippen molar-refractivity contribution in [1.29, 1.82) is 0 Å². The summed E-state index contributed by atoms with van der Waals surface area (Å²) in [4.78, 5) is 0. The molecule has 0 rings (SSSR count). The molecule has 0 fully saturated rings. The molecule has 0 aromatic heterocycles. The maximum Gasteiger partial charge on any atom is 0 e. The zero-order valence-corrected chi connectivity index (χ0v) is 10.8. The zero-order chi connectivity index (χ0) is 13.4. The summed E-state index contributed by atoms with van der Waals surface area (Å²) in [6.45, 7) is 22.5. The number of azo groups is 1. The Kier molecular flexibility index (Phi) is 6160. The summed E-state index contributed by atoms with van der Waals surface area (Å²) in [6.07, 6.45) is 0. The first kappa shape index (κ1) is 48.3. The molecule has 0 aliphatic heterocycles. The molecule has 15 heavy (non-hydrogen) atoms. The fourth-order valence-corrected chi connectivity index (χ4v) is 0. The molecule has 0 aliphatic rings. The van der Waals surface area contributed by atoms with Gasteiger partial charge in [0, 0.05) is 35.2 Å². The first-order valence-corrected chi connectivity index (χ1v) is 2.12. The average molecular weight is 382 g/mol. The van der Waals surface area contributed by atoms with Crippen LogP contribution < -0.4 is 0 Å². The Labute approximate surface area is 102 Å². The second kappa shape index (κ2) is 1910. The Balaban J connectivity index is -0.0000000105. The monoisotopic (exact) mass is 382 g/mol. The quantitative estimate of drug-likeness (QED) is 0.329. The van der Waals surface area contributed by atoms with Gasteiger partial charge in [0.15, 0.2) is 0 Å². The van der Waals surface area contributed by atoms with Gasteiger partial charge in [-0.3, -0.25) is 0 Å². The van der Waals surface area contributed by atoms with Gasteiger partial charge in [-0.25, -0.2) is 0 Å². The summed E-state index contributed by atoms with van der Waals surface area (Å²) in [5, 5.41) is 6.72. The standard InChI is InChI=1S/C2H6N2.5CO.W/c1-3-4-2;5*1-2;/h1-2H3;;;;;;. The second-order valence-electron chi connectivity index (χ2n) is 0.400. The van der Waals surface area contributed by atoms with Gasteiger partial charge in [-0.05, 0) is 0 Å². The fourth-order valence-electron chi connectivity index (χ4n) is 0. The van der Waals surface area contributed by atoms with Crippen molar-refractivity contribution in [1.82, 2.24) is 0 Å². The van der Waals surface area contributed by atoms with Crippen LogP contribution in [0.25, 0.3) is 0 Å². The van der Waals surface area contributed by atoms with E-state index in [2.05, 4.69) is 43.5 Å². The van der Waals surface area contributed by atoms with E-state index in [4.69, 9.17) is 23.3 Å². The predicted molar refractivity (Wildman–Crippen MR) is 36.4 cm³/mol. The molecule has 80 valence electrons. The maximum absolute atomic E-state index is 7.50.